The highest BCUT2D eigenvalue weighted by Gasteiger charge is 2.24. The highest BCUT2D eigenvalue weighted by molar-refractivity contribution is 7.17. The lowest BCUT2D eigenvalue weighted by Crippen LogP contribution is -2.03. The average Bonchev–Trinajstić information content (AvgIpc) is 2.83. The highest BCUT2D eigenvalue weighted by atomic mass is 32.1. The van der Waals surface area contributed by atoms with Crippen LogP contribution in [0.15, 0.2) is 4.52 Å². The Morgan fingerprint density at radius 1 is 1.33 bits per heavy atom. The van der Waals surface area contributed by atoms with Crippen LogP contribution < -0.4 is 0 Å². The lowest BCUT2D eigenvalue weighted by atomic mass is 10.2. The van der Waals surface area contributed by atoms with E-state index < -0.39 is 5.97 Å². The Balaban J connectivity index is 2.64. The van der Waals surface area contributed by atoms with E-state index in [1.807, 2.05) is 0 Å². The maximum Gasteiger partial charge on any atom is 0.356 e. The van der Waals surface area contributed by atoms with E-state index in [2.05, 4.69) is 10.1 Å². The number of hydrogen-bond donors (Lipinski definition) is 1. The number of ketones is 1. The molecule has 0 aliphatic rings. The molecule has 0 saturated carbocycles. The number of aromatic carboxylic acids is 1. The molecular weight excluding hydrogens is 256 g/mol. The predicted octanol–water partition coefficient (Wildman–Crippen LogP) is 2.32. The molecule has 0 bridgehead atoms. The van der Waals surface area contributed by atoms with Crippen LogP contribution in [0.1, 0.15) is 38.5 Å². The molecule has 94 valence electrons. The zero-order valence-corrected chi connectivity index (χ0v) is 10.8. The van der Waals surface area contributed by atoms with Gasteiger partial charge in [0.25, 0.3) is 0 Å². The van der Waals surface area contributed by atoms with Crippen LogP contribution in [0, 0.1) is 13.8 Å². The van der Waals surface area contributed by atoms with Crippen molar-refractivity contribution in [1.29, 1.82) is 0 Å². The van der Waals surface area contributed by atoms with Crippen molar-refractivity contribution in [3.05, 3.63) is 22.0 Å². The zero-order chi connectivity index (χ0) is 13.4. The van der Waals surface area contributed by atoms with Crippen LogP contribution >= 0.6 is 11.3 Å². The number of thiazole rings is 1. The number of nitrogens with zero attached hydrogens (tertiary/aromatic N) is 2. The summed E-state index contributed by atoms with van der Waals surface area (Å²) in [6.45, 7) is 4.77. The van der Waals surface area contributed by atoms with Gasteiger partial charge in [-0.25, -0.2) is 9.78 Å². The maximum atomic E-state index is 11.4. The summed E-state index contributed by atoms with van der Waals surface area (Å²) >= 11 is 1.04. The maximum absolute atomic E-state index is 11.4. The third-order valence-electron chi connectivity index (χ3n) is 2.40. The van der Waals surface area contributed by atoms with Gasteiger partial charge in [0.15, 0.2) is 11.5 Å². The summed E-state index contributed by atoms with van der Waals surface area (Å²) in [5.41, 5.74) is 1.05. The van der Waals surface area contributed by atoms with Crippen LogP contribution in [0.4, 0.5) is 0 Å². The molecule has 2 rings (SSSR count). The second kappa shape index (κ2) is 4.34. The van der Waals surface area contributed by atoms with E-state index in [9.17, 15) is 9.59 Å². The number of carboxylic acid groups (broad SMARTS) is 1. The van der Waals surface area contributed by atoms with Crippen molar-refractivity contribution in [2.45, 2.75) is 20.8 Å². The molecule has 1 N–H and O–H groups in total. The highest BCUT2D eigenvalue weighted by Crippen LogP contribution is 2.32. The quantitative estimate of drug-likeness (QED) is 0.857. The van der Waals surface area contributed by atoms with Crippen LogP contribution in [-0.2, 0) is 0 Å². The van der Waals surface area contributed by atoms with E-state index in [-0.39, 0.29) is 16.4 Å². The molecule has 0 aromatic carbocycles. The Hall–Kier alpha value is -2.02. The lowest BCUT2D eigenvalue weighted by molar-refractivity contribution is 0.0687. The number of aromatic nitrogens is 2. The third kappa shape index (κ3) is 1.92. The van der Waals surface area contributed by atoms with Gasteiger partial charge < -0.3 is 9.63 Å². The summed E-state index contributed by atoms with van der Waals surface area (Å²) < 4.78 is 5.00. The van der Waals surface area contributed by atoms with E-state index in [0.29, 0.717) is 22.0 Å². The first-order valence-electron chi connectivity index (χ1n) is 5.10. The van der Waals surface area contributed by atoms with Crippen molar-refractivity contribution in [1.82, 2.24) is 10.1 Å². The monoisotopic (exact) mass is 266 g/mol. The van der Waals surface area contributed by atoms with Crippen LogP contribution in [0.3, 0.4) is 0 Å². The fourth-order valence-electron chi connectivity index (χ4n) is 1.60. The molecule has 2 heterocycles. The molecule has 2 aromatic rings. The molecule has 0 spiro atoms. The Morgan fingerprint density at radius 3 is 2.39 bits per heavy atom. The van der Waals surface area contributed by atoms with Crippen LogP contribution in [0.5, 0.6) is 0 Å². The number of carbonyl (C=O) groups is 2. The molecule has 0 amide bonds. The van der Waals surface area contributed by atoms with Gasteiger partial charge >= 0.3 is 5.97 Å². The van der Waals surface area contributed by atoms with Crippen molar-refractivity contribution in [3.8, 4) is 10.6 Å². The summed E-state index contributed by atoms with van der Waals surface area (Å²) in [7, 11) is 0. The molecule has 0 atom stereocenters. The van der Waals surface area contributed by atoms with Gasteiger partial charge in [0.05, 0.1) is 11.3 Å². The molecule has 0 aliphatic carbocycles. The molecule has 7 heteroatoms. The van der Waals surface area contributed by atoms with Gasteiger partial charge in [-0.05, 0) is 13.8 Å². The number of carbonyl (C=O) groups excluding carboxylic acids is 1. The molecule has 6 nitrogen and oxygen atoms in total. The first kappa shape index (κ1) is 12.4. The second-order valence-electron chi connectivity index (χ2n) is 3.76. The van der Waals surface area contributed by atoms with Crippen LogP contribution in [-0.4, -0.2) is 27.0 Å². The normalized spacial score (nSPS) is 10.6. The number of rotatable bonds is 3. The van der Waals surface area contributed by atoms with E-state index in [4.69, 9.17) is 9.63 Å². The van der Waals surface area contributed by atoms with Gasteiger partial charge in [0.1, 0.15) is 15.6 Å². The van der Waals surface area contributed by atoms with Crippen LogP contribution in [0.2, 0.25) is 0 Å². The largest absolute Gasteiger partial charge is 0.476 e. The van der Waals surface area contributed by atoms with Crippen molar-refractivity contribution in [2.75, 3.05) is 0 Å². The summed E-state index contributed by atoms with van der Waals surface area (Å²) in [5.74, 6) is -0.981. The summed E-state index contributed by atoms with van der Waals surface area (Å²) in [4.78, 5) is 26.6. The van der Waals surface area contributed by atoms with Gasteiger partial charge in [-0.1, -0.05) is 5.16 Å². The minimum absolute atomic E-state index is 0.137. The number of aryl methyl sites for hydroxylation is 2. The van der Waals surface area contributed by atoms with E-state index in [0.717, 1.165) is 11.3 Å². The fraction of sp³-hybridized carbons (Fsp3) is 0.273. The predicted molar refractivity (Wildman–Crippen MR) is 64.0 cm³/mol. The van der Waals surface area contributed by atoms with Crippen molar-refractivity contribution < 1.29 is 19.2 Å². The van der Waals surface area contributed by atoms with E-state index in [1.54, 1.807) is 13.8 Å². The standard InChI is InChI=1S/C11H10N2O4S/c1-4-7(6(3)17-13-4)10-12-8(11(15)16)9(18-10)5(2)14/h1-3H3,(H,15,16). The smallest absolute Gasteiger partial charge is 0.356 e. The Kier molecular flexibility index (Phi) is 3.00. The first-order valence-corrected chi connectivity index (χ1v) is 5.91. The molecule has 0 unspecified atom stereocenters. The molecule has 0 fully saturated rings. The van der Waals surface area contributed by atoms with Crippen molar-refractivity contribution in [3.63, 3.8) is 0 Å². The molecule has 18 heavy (non-hydrogen) atoms. The summed E-state index contributed by atoms with van der Waals surface area (Å²) in [5, 5.41) is 13.2. The molecule has 0 aliphatic heterocycles. The van der Waals surface area contributed by atoms with Gasteiger partial charge in [-0.2, -0.15) is 0 Å². The molecular formula is C11H10N2O4S. The van der Waals surface area contributed by atoms with Gasteiger partial charge in [0.2, 0.25) is 0 Å². The minimum Gasteiger partial charge on any atom is -0.476 e. The minimum atomic E-state index is -1.21. The third-order valence-corrected chi connectivity index (χ3v) is 3.57. The second-order valence-corrected chi connectivity index (χ2v) is 4.76. The SMILES string of the molecule is CC(=O)c1sc(-c2c(C)noc2C)nc1C(=O)O. The van der Waals surface area contributed by atoms with E-state index in [1.165, 1.54) is 6.92 Å². The Labute approximate surface area is 106 Å². The molecule has 2 aromatic heterocycles. The van der Waals surface area contributed by atoms with Crippen LogP contribution in [0.25, 0.3) is 10.6 Å². The number of hydrogen-bond acceptors (Lipinski definition) is 6. The first-order chi connectivity index (χ1) is 8.41. The van der Waals surface area contributed by atoms with E-state index >= 15 is 0 Å². The summed E-state index contributed by atoms with van der Waals surface area (Å²) in [6, 6.07) is 0. The topological polar surface area (TPSA) is 93.3 Å². The Morgan fingerprint density at radius 2 is 2.00 bits per heavy atom. The van der Waals surface area contributed by atoms with Gasteiger partial charge in [0, 0.05) is 6.92 Å². The number of carboxylic acids is 1. The average molecular weight is 266 g/mol. The fourth-order valence-corrected chi connectivity index (χ4v) is 2.70. The summed E-state index contributed by atoms with van der Waals surface area (Å²) in [6.07, 6.45) is 0. The molecule has 0 radical (unpaired) electrons. The van der Waals surface area contributed by atoms with Crippen molar-refractivity contribution in [2.24, 2.45) is 0 Å². The Bertz CT molecular complexity index is 591. The van der Waals surface area contributed by atoms with Crippen molar-refractivity contribution >= 4 is 23.1 Å². The molecule has 0 saturated heterocycles. The van der Waals surface area contributed by atoms with Gasteiger partial charge in [-0.3, -0.25) is 4.79 Å². The zero-order valence-electron chi connectivity index (χ0n) is 9.97. The lowest BCUT2D eigenvalue weighted by Gasteiger charge is -1.91. The van der Waals surface area contributed by atoms with Gasteiger partial charge in [-0.15, -0.1) is 11.3 Å². The number of Topliss-reactive ketones (excluding diaryl/α,β-unsaturated/α-hetero) is 1.